The minimum absolute atomic E-state index is 0.0178. The Morgan fingerprint density at radius 1 is 1.32 bits per heavy atom. The fourth-order valence-electron chi connectivity index (χ4n) is 2.37. The van der Waals surface area contributed by atoms with Crippen molar-refractivity contribution in [3.05, 3.63) is 17.5 Å². The summed E-state index contributed by atoms with van der Waals surface area (Å²) in [6.45, 7) is 4.64. The highest BCUT2D eigenvalue weighted by molar-refractivity contribution is 5.17. The van der Waals surface area contributed by atoms with Gasteiger partial charge in [0, 0.05) is 18.8 Å². The Balaban J connectivity index is 2.30. The Bertz CT molecular complexity index is 434. The number of halogens is 3. The third-order valence-electron chi connectivity index (χ3n) is 3.43. The highest BCUT2D eigenvalue weighted by Gasteiger charge is 2.36. The first-order chi connectivity index (χ1) is 8.79. The third-order valence-corrected chi connectivity index (χ3v) is 3.43. The topological polar surface area (TPSA) is 41.3 Å². The molecule has 0 atom stereocenters. The zero-order chi connectivity index (χ0) is 14.2. The van der Waals surface area contributed by atoms with E-state index >= 15 is 0 Å². The van der Waals surface area contributed by atoms with Gasteiger partial charge in [-0.05, 0) is 24.8 Å². The second kappa shape index (κ2) is 5.13. The van der Waals surface area contributed by atoms with Gasteiger partial charge in [0.25, 0.3) is 0 Å². The quantitative estimate of drug-likeness (QED) is 0.903. The molecule has 0 amide bonds. The molecule has 0 saturated carbocycles. The van der Waals surface area contributed by atoms with Crippen LogP contribution in [0.15, 0.2) is 6.07 Å². The average Bonchev–Trinajstić information content (AvgIpc) is 2.74. The molecule has 19 heavy (non-hydrogen) atoms. The van der Waals surface area contributed by atoms with E-state index in [4.69, 9.17) is 0 Å². The molecule has 2 heterocycles. The summed E-state index contributed by atoms with van der Waals surface area (Å²) in [4.78, 5) is 0. The summed E-state index contributed by atoms with van der Waals surface area (Å²) in [7, 11) is 0. The third kappa shape index (κ3) is 3.09. The number of piperidine rings is 1. The number of hydroxylamine groups is 2. The monoisotopic (exact) mass is 277 g/mol. The van der Waals surface area contributed by atoms with Crippen LogP contribution in [0.1, 0.15) is 50.0 Å². The lowest BCUT2D eigenvalue weighted by Gasteiger charge is -2.29. The summed E-state index contributed by atoms with van der Waals surface area (Å²) in [5, 5.41) is 14.2. The molecule has 2 rings (SSSR count). The van der Waals surface area contributed by atoms with Gasteiger partial charge in [0.1, 0.15) is 0 Å². The lowest BCUT2D eigenvalue weighted by Crippen LogP contribution is -2.33. The summed E-state index contributed by atoms with van der Waals surface area (Å²) in [6, 6.07) is 1.06. The number of hydrogen-bond acceptors (Lipinski definition) is 3. The second-order valence-corrected chi connectivity index (χ2v) is 5.24. The minimum atomic E-state index is -4.41. The van der Waals surface area contributed by atoms with Crippen molar-refractivity contribution in [2.75, 3.05) is 13.1 Å². The highest BCUT2D eigenvalue weighted by atomic mass is 19.4. The number of nitrogens with zero attached hydrogens (tertiary/aromatic N) is 3. The van der Waals surface area contributed by atoms with Gasteiger partial charge >= 0.3 is 6.18 Å². The Kier molecular flexibility index (Phi) is 3.87. The summed E-state index contributed by atoms with van der Waals surface area (Å²) in [5.74, 6) is -0.0178. The Morgan fingerprint density at radius 2 is 1.89 bits per heavy atom. The molecule has 7 heteroatoms. The van der Waals surface area contributed by atoms with E-state index in [9.17, 15) is 18.4 Å². The molecule has 108 valence electrons. The maximum absolute atomic E-state index is 12.7. The SMILES string of the molecule is CC(C)c1cc(C(F)(F)F)nn1C1CCN(O)CC1. The maximum atomic E-state index is 12.7. The van der Waals surface area contributed by atoms with Crippen LogP contribution >= 0.6 is 0 Å². The standard InChI is InChI=1S/C12H18F3N3O/c1-8(2)10-7-11(12(13,14)15)16-18(10)9-3-5-17(19)6-4-9/h7-9,19H,3-6H2,1-2H3. The normalized spacial score (nSPS) is 19.3. The molecule has 0 radical (unpaired) electrons. The highest BCUT2D eigenvalue weighted by Crippen LogP contribution is 2.33. The molecule has 1 saturated heterocycles. The molecule has 0 aliphatic carbocycles. The lowest BCUT2D eigenvalue weighted by atomic mass is 10.0. The Labute approximate surface area is 109 Å². The number of rotatable bonds is 2. The molecular formula is C12H18F3N3O. The fraction of sp³-hybridized carbons (Fsp3) is 0.750. The molecule has 0 unspecified atom stereocenters. The van der Waals surface area contributed by atoms with Crippen LogP contribution < -0.4 is 0 Å². The number of hydrogen-bond donors (Lipinski definition) is 1. The van der Waals surface area contributed by atoms with E-state index in [2.05, 4.69) is 5.10 Å². The van der Waals surface area contributed by atoms with Gasteiger partial charge in [-0.1, -0.05) is 13.8 Å². The van der Waals surface area contributed by atoms with E-state index in [1.807, 2.05) is 13.8 Å². The van der Waals surface area contributed by atoms with Crippen molar-refractivity contribution in [1.29, 1.82) is 0 Å². The van der Waals surface area contributed by atoms with Crippen molar-refractivity contribution >= 4 is 0 Å². The molecule has 1 aromatic rings. The van der Waals surface area contributed by atoms with Crippen LogP contribution in [0.2, 0.25) is 0 Å². The van der Waals surface area contributed by atoms with Crippen LogP contribution in [-0.2, 0) is 6.18 Å². The Morgan fingerprint density at radius 3 is 2.37 bits per heavy atom. The first-order valence-corrected chi connectivity index (χ1v) is 6.39. The summed E-state index contributed by atoms with van der Waals surface area (Å²) in [5.41, 5.74) is -0.230. The van der Waals surface area contributed by atoms with Crippen molar-refractivity contribution in [2.45, 2.75) is 44.8 Å². The van der Waals surface area contributed by atoms with Gasteiger partial charge in [0.15, 0.2) is 5.69 Å². The van der Waals surface area contributed by atoms with Crippen molar-refractivity contribution < 1.29 is 18.4 Å². The van der Waals surface area contributed by atoms with Crippen molar-refractivity contribution in [1.82, 2.24) is 14.8 Å². The van der Waals surface area contributed by atoms with E-state index in [1.165, 1.54) is 9.75 Å². The lowest BCUT2D eigenvalue weighted by molar-refractivity contribution is -0.142. The van der Waals surface area contributed by atoms with Gasteiger partial charge in [-0.2, -0.15) is 23.3 Å². The van der Waals surface area contributed by atoms with Gasteiger partial charge in [0.2, 0.25) is 0 Å². The molecule has 1 aliphatic heterocycles. The van der Waals surface area contributed by atoms with Crippen molar-refractivity contribution in [3.63, 3.8) is 0 Å². The zero-order valence-electron chi connectivity index (χ0n) is 11.0. The van der Waals surface area contributed by atoms with E-state index in [0.717, 1.165) is 6.07 Å². The smallest absolute Gasteiger partial charge is 0.314 e. The van der Waals surface area contributed by atoms with E-state index in [0.29, 0.717) is 31.6 Å². The molecule has 0 bridgehead atoms. The van der Waals surface area contributed by atoms with Crippen LogP contribution in [0.25, 0.3) is 0 Å². The van der Waals surface area contributed by atoms with Gasteiger partial charge in [-0.3, -0.25) is 4.68 Å². The van der Waals surface area contributed by atoms with Gasteiger partial charge in [-0.15, -0.1) is 0 Å². The van der Waals surface area contributed by atoms with E-state index in [1.54, 1.807) is 0 Å². The predicted molar refractivity (Wildman–Crippen MR) is 62.9 cm³/mol. The minimum Gasteiger partial charge on any atom is -0.314 e. The first-order valence-electron chi connectivity index (χ1n) is 6.39. The molecule has 4 nitrogen and oxygen atoms in total. The van der Waals surface area contributed by atoms with Crippen LogP contribution in [0.3, 0.4) is 0 Å². The van der Waals surface area contributed by atoms with Crippen LogP contribution in [0.5, 0.6) is 0 Å². The van der Waals surface area contributed by atoms with Gasteiger partial charge in [0.05, 0.1) is 6.04 Å². The van der Waals surface area contributed by atoms with E-state index in [-0.39, 0.29) is 12.0 Å². The fourth-order valence-corrected chi connectivity index (χ4v) is 2.37. The molecule has 0 aromatic carbocycles. The van der Waals surface area contributed by atoms with Crippen LogP contribution in [0, 0.1) is 0 Å². The van der Waals surface area contributed by atoms with Gasteiger partial charge in [-0.25, -0.2) is 0 Å². The first kappa shape index (κ1) is 14.3. The molecule has 1 aromatic heterocycles. The summed E-state index contributed by atoms with van der Waals surface area (Å²) in [6.07, 6.45) is -3.20. The molecule has 1 N–H and O–H groups in total. The second-order valence-electron chi connectivity index (χ2n) is 5.24. The zero-order valence-corrected chi connectivity index (χ0v) is 11.0. The van der Waals surface area contributed by atoms with E-state index < -0.39 is 11.9 Å². The van der Waals surface area contributed by atoms with Crippen molar-refractivity contribution in [3.8, 4) is 0 Å². The number of alkyl halides is 3. The maximum Gasteiger partial charge on any atom is 0.435 e. The van der Waals surface area contributed by atoms with Crippen molar-refractivity contribution in [2.24, 2.45) is 0 Å². The van der Waals surface area contributed by atoms with Crippen LogP contribution in [0.4, 0.5) is 13.2 Å². The Hall–Kier alpha value is -1.08. The van der Waals surface area contributed by atoms with Gasteiger partial charge < -0.3 is 5.21 Å². The van der Waals surface area contributed by atoms with Crippen LogP contribution in [-0.4, -0.2) is 33.1 Å². The molecular weight excluding hydrogens is 259 g/mol. The predicted octanol–water partition coefficient (Wildman–Crippen LogP) is 3.05. The summed E-state index contributed by atoms with van der Waals surface area (Å²) < 4.78 is 39.7. The molecule has 0 spiro atoms. The average molecular weight is 277 g/mol. The molecule has 1 aliphatic rings. The molecule has 1 fully saturated rings. The largest absolute Gasteiger partial charge is 0.435 e. The summed E-state index contributed by atoms with van der Waals surface area (Å²) >= 11 is 0. The number of aromatic nitrogens is 2.